The number of carbonyl (C=O) groups is 1. The van der Waals surface area contributed by atoms with Gasteiger partial charge in [-0.3, -0.25) is 4.79 Å². The van der Waals surface area contributed by atoms with Crippen LogP contribution in [0, 0.1) is 0 Å². The molecule has 0 bridgehead atoms. The summed E-state index contributed by atoms with van der Waals surface area (Å²) in [6, 6.07) is 4.14. The first-order valence-electron chi connectivity index (χ1n) is 8.22. The molecule has 1 heterocycles. The molecule has 1 aromatic rings. The van der Waals surface area contributed by atoms with Crippen molar-refractivity contribution >= 4 is 27.5 Å². The lowest BCUT2D eigenvalue weighted by Crippen LogP contribution is -2.35. The van der Waals surface area contributed by atoms with Gasteiger partial charge in [-0.2, -0.15) is 0 Å². The average Bonchev–Trinajstić information content (AvgIpc) is 3.10. The van der Waals surface area contributed by atoms with Gasteiger partial charge in [-0.15, -0.1) is 0 Å². The average molecular weight is 391 g/mol. The first-order chi connectivity index (χ1) is 11.9. The van der Waals surface area contributed by atoms with Crippen molar-refractivity contribution in [2.45, 2.75) is 37.2 Å². The number of benzene rings is 1. The smallest absolute Gasteiger partial charge is 0.258 e. The number of rotatable bonds is 9. The SMILES string of the molecule is CCCNS(=O)(=O)c1ccc(OCC(=O)NC[C@@H]2CCCO2)c(Cl)c1. The maximum atomic E-state index is 12.0. The van der Waals surface area contributed by atoms with Gasteiger partial charge >= 0.3 is 0 Å². The summed E-state index contributed by atoms with van der Waals surface area (Å²) in [5.74, 6) is -0.0312. The minimum Gasteiger partial charge on any atom is -0.482 e. The molecule has 140 valence electrons. The van der Waals surface area contributed by atoms with Gasteiger partial charge < -0.3 is 14.8 Å². The number of hydrogen-bond acceptors (Lipinski definition) is 5. The Bertz CT molecular complexity index is 690. The third-order valence-electron chi connectivity index (χ3n) is 3.67. The van der Waals surface area contributed by atoms with Crippen LogP contribution >= 0.6 is 11.6 Å². The van der Waals surface area contributed by atoms with Gasteiger partial charge in [-0.25, -0.2) is 13.1 Å². The predicted octanol–water partition coefficient (Wildman–Crippen LogP) is 1.70. The number of ether oxygens (including phenoxy) is 2. The maximum Gasteiger partial charge on any atom is 0.258 e. The van der Waals surface area contributed by atoms with Crippen molar-refractivity contribution in [2.75, 3.05) is 26.3 Å². The number of sulfonamides is 1. The second-order valence-corrected chi connectivity index (χ2v) is 7.89. The van der Waals surface area contributed by atoms with Crippen LogP contribution in [0.2, 0.25) is 5.02 Å². The Kier molecular flexibility index (Phi) is 7.49. The molecule has 0 radical (unpaired) electrons. The zero-order chi connectivity index (χ0) is 18.3. The van der Waals surface area contributed by atoms with E-state index in [1.807, 2.05) is 6.92 Å². The van der Waals surface area contributed by atoms with Crippen molar-refractivity contribution in [2.24, 2.45) is 0 Å². The van der Waals surface area contributed by atoms with Crippen LogP contribution in [0.3, 0.4) is 0 Å². The lowest BCUT2D eigenvalue weighted by molar-refractivity contribution is -0.123. The first-order valence-corrected chi connectivity index (χ1v) is 10.1. The van der Waals surface area contributed by atoms with Gasteiger partial charge in [0.05, 0.1) is 16.0 Å². The highest BCUT2D eigenvalue weighted by atomic mass is 35.5. The molecule has 1 saturated heterocycles. The van der Waals surface area contributed by atoms with Gasteiger partial charge in [-0.1, -0.05) is 18.5 Å². The van der Waals surface area contributed by atoms with Crippen LogP contribution in [0.1, 0.15) is 26.2 Å². The molecule has 25 heavy (non-hydrogen) atoms. The van der Waals surface area contributed by atoms with Gasteiger partial charge in [0, 0.05) is 19.7 Å². The quantitative estimate of drug-likeness (QED) is 0.669. The monoisotopic (exact) mass is 390 g/mol. The van der Waals surface area contributed by atoms with E-state index in [9.17, 15) is 13.2 Å². The Morgan fingerprint density at radius 1 is 1.44 bits per heavy atom. The molecule has 1 aromatic carbocycles. The highest BCUT2D eigenvalue weighted by Crippen LogP contribution is 2.27. The first kappa shape index (κ1) is 20.0. The minimum absolute atomic E-state index is 0.0566. The molecule has 0 aromatic heterocycles. The van der Waals surface area contributed by atoms with Gasteiger partial charge in [0.15, 0.2) is 6.61 Å². The maximum absolute atomic E-state index is 12.0. The van der Waals surface area contributed by atoms with Crippen LogP contribution in [-0.4, -0.2) is 46.7 Å². The molecule has 0 unspecified atom stereocenters. The van der Waals surface area contributed by atoms with E-state index in [1.165, 1.54) is 18.2 Å². The lowest BCUT2D eigenvalue weighted by Gasteiger charge is -2.12. The van der Waals surface area contributed by atoms with Gasteiger partial charge in [0.25, 0.3) is 5.91 Å². The molecule has 1 fully saturated rings. The van der Waals surface area contributed by atoms with Crippen LogP contribution in [0.5, 0.6) is 5.75 Å². The molecule has 2 N–H and O–H groups in total. The van der Waals surface area contributed by atoms with Gasteiger partial charge in [0.2, 0.25) is 10.0 Å². The van der Waals surface area contributed by atoms with Crippen molar-refractivity contribution in [3.05, 3.63) is 23.2 Å². The summed E-state index contributed by atoms with van der Waals surface area (Å²) in [6.07, 6.45) is 2.70. The largest absolute Gasteiger partial charge is 0.482 e. The van der Waals surface area contributed by atoms with Crippen LogP contribution < -0.4 is 14.8 Å². The highest BCUT2D eigenvalue weighted by molar-refractivity contribution is 7.89. The molecule has 1 amide bonds. The summed E-state index contributed by atoms with van der Waals surface area (Å²) in [4.78, 5) is 11.8. The third-order valence-corrected chi connectivity index (χ3v) is 5.42. The van der Waals surface area contributed by atoms with Crippen molar-refractivity contribution in [1.29, 1.82) is 0 Å². The van der Waals surface area contributed by atoms with Crippen molar-refractivity contribution in [3.63, 3.8) is 0 Å². The zero-order valence-corrected chi connectivity index (χ0v) is 15.7. The summed E-state index contributed by atoms with van der Waals surface area (Å²) in [5.41, 5.74) is 0. The van der Waals surface area contributed by atoms with Crippen LogP contribution in [-0.2, 0) is 19.6 Å². The summed E-state index contributed by atoms with van der Waals surface area (Å²) >= 11 is 6.06. The van der Waals surface area contributed by atoms with Gasteiger partial charge in [0.1, 0.15) is 5.75 Å². The summed E-state index contributed by atoms with van der Waals surface area (Å²) < 4.78 is 37.3. The molecule has 0 saturated carbocycles. The Balaban J connectivity index is 1.86. The van der Waals surface area contributed by atoms with E-state index < -0.39 is 10.0 Å². The van der Waals surface area contributed by atoms with Gasteiger partial charge in [-0.05, 0) is 37.5 Å². The number of hydrogen-bond donors (Lipinski definition) is 2. The van der Waals surface area contributed by atoms with E-state index in [0.29, 0.717) is 19.5 Å². The van der Waals surface area contributed by atoms with Crippen molar-refractivity contribution in [3.8, 4) is 5.75 Å². The number of halogens is 1. The Labute approximate surface area is 153 Å². The van der Waals surface area contributed by atoms with Crippen LogP contribution in [0.4, 0.5) is 0 Å². The molecule has 1 atom stereocenters. The second kappa shape index (κ2) is 9.38. The van der Waals surface area contributed by atoms with Crippen LogP contribution in [0.15, 0.2) is 23.1 Å². The normalized spacial score (nSPS) is 17.4. The van der Waals surface area contributed by atoms with Crippen molar-refractivity contribution in [1.82, 2.24) is 10.0 Å². The van der Waals surface area contributed by atoms with E-state index >= 15 is 0 Å². The topological polar surface area (TPSA) is 93.7 Å². The molecular formula is C16H23ClN2O5S. The fourth-order valence-corrected chi connectivity index (χ4v) is 3.77. The Morgan fingerprint density at radius 3 is 2.88 bits per heavy atom. The Morgan fingerprint density at radius 2 is 2.24 bits per heavy atom. The fourth-order valence-electron chi connectivity index (χ4n) is 2.31. The number of nitrogens with one attached hydrogen (secondary N) is 2. The lowest BCUT2D eigenvalue weighted by atomic mass is 10.2. The molecule has 2 rings (SSSR count). The van der Waals surface area contributed by atoms with E-state index in [2.05, 4.69) is 10.0 Å². The van der Waals surface area contributed by atoms with E-state index in [0.717, 1.165) is 19.4 Å². The molecule has 1 aliphatic rings. The molecule has 1 aliphatic heterocycles. The summed E-state index contributed by atoms with van der Waals surface area (Å²) in [7, 11) is -3.59. The van der Waals surface area contributed by atoms with Crippen LogP contribution in [0.25, 0.3) is 0 Å². The number of amides is 1. The molecular weight excluding hydrogens is 368 g/mol. The molecule has 0 aliphatic carbocycles. The third kappa shape index (κ3) is 6.14. The molecule has 0 spiro atoms. The second-order valence-electron chi connectivity index (χ2n) is 5.72. The minimum atomic E-state index is -3.59. The van der Waals surface area contributed by atoms with E-state index in [-0.39, 0.29) is 34.3 Å². The predicted molar refractivity (Wildman–Crippen MR) is 94.4 cm³/mol. The number of carbonyl (C=O) groups excluding carboxylic acids is 1. The summed E-state index contributed by atoms with van der Waals surface area (Å²) in [6.45, 7) is 3.21. The standard InChI is InChI=1S/C16H23ClN2O5S/c1-2-7-19-25(21,22)13-5-6-15(14(17)9-13)24-11-16(20)18-10-12-4-3-8-23-12/h5-6,9,12,19H,2-4,7-8,10-11H2,1H3,(H,18,20)/t12-/m0/s1. The zero-order valence-electron chi connectivity index (χ0n) is 14.1. The van der Waals surface area contributed by atoms with E-state index in [1.54, 1.807) is 0 Å². The highest BCUT2D eigenvalue weighted by Gasteiger charge is 2.17. The summed E-state index contributed by atoms with van der Waals surface area (Å²) in [5, 5.41) is 2.87. The van der Waals surface area contributed by atoms with E-state index in [4.69, 9.17) is 21.1 Å². The molecule has 7 nitrogen and oxygen atoms in total. The fraction of sp³-hybridized carbons (Fsp3) is 0.562. The van der Waals surface area contributed by atoms with Crippen molar-refractivity contribution < 1.29 is 22.7 Å². The Hall–Kier alpha value is -1.35. The molecule has 9 heteroatoms.